The maximum atomic E-state index is 12.6. The fraction of sp³-hybridized carbons (Fsp3) is 0.111. The predicted octanol–water partition coefficient (Wildman–Crippen LogP) is 3.44. The molecule has 3 aromatic rings. The first-order valence-corrected chi connectivity index (χ1v) is 7.63. The van der Waals surface area contributed by atoms with Gasteiger partial charge in [0, 0.05) is 18.0 Å². The van der Waals surface area contributed by atoms with E-state index in [1.807, 2.05) is 30.3 Å². The molecule has 0 saturated heterocycles. The number of nitrogens with one attached hydrogen (secondary N) is 1. The number of aliphatic imine (C=N–C) groups is 1. The van der Waals surface area contributed by atoms with E-state index in [1.165, 1.54) is 17.0 Å². The molecule has 7 nitrogen and oxygen atoms in total. The summed E-state index contributed by atoms with van der Waals surface area (Å²) in [7, 11) is 0. The third-order valence-corrected chi connectivity index (χ3v) is 3.79. The third-order valence-electron chi connectivity index (χ3n) is 3.79. The van der Waals surface area contributed by atoms with Crippen LogP contribution in [-0.4, -0.2) is 20.9 Å². The van der Waals surface area contributed by atoms with E-state index in [-0.39, 0.29) is 16.9 Å². The second kappa shape index (κ2) is 6.56. The summed E-state index contributed by atoms with van der Waals surface area (Å²) in [4.78, 5) is 27.4. The van der Waals surface area contributed by atoms with Gasteiger partial charge in [-0.15, -0.1) is 0 Å². The Kier molecular flexibility index (Phi) is 4.30. The van der Waals surface area contributed by atoms with Gasteiger partial charge in [0.2, 0.25) is 0 Å². The number of H-pyrrole nitrogens is 1. The van der Waals surface area contributed by atoms with Crippen molar-refractivity contribution >= 4 is 17.6 Å². The van der Waals surface area contributed by atoms with Gasteiger partial charge in [0.15, 0.2) is 0 Å². The van der Waals surface area contributed by atoms with E-state index in [1.54, 1.807) is 26.0 Å². The van der Waals surface area contributed by atoms with Crippen molar-refractivity contribution in [1.82, 2.24) is 9.78 Å². The fourth-order valence-corrected chi connectivity index (χ4v) is 2.49. The number of aryl methyl sites for hydroxylation is 2. The van der Waals surface area contributed by atoms with E-state index in [0.29, 0.717) is 16.9 Å². The molecule has 0 aliphatic heterocycles. The minimum absolute atomic E-state index is 0.0900. The molecule has 2 aromatic carbocycles. The molecule has 3 rings (SSSR count). The fourth-order valence-electron chi connectivity index (χ4n) is 2.49. The van der Waals surface area contributed by atoms with Crippen molar-refractivity contribution in [3.05, 3.63) is 85.8 Å². The molecule has 126 valence electrons. The molecule has 1 N–H and O–H groups in total. The number of para-hydroxylation sites is 1. The molecule has 0 fully saturated rings. The van der Waals surface area contributed by atoms with Crippen LogP contribution in [0.2, 0.25) is 0 Å². The lowest BCUT2D eigenvalue weighted by molar-refractivity contribution is -0.384. The molecule has 7 heteroatoms. The van der Waals surface area contributed by atoms with E-state index < -0.39 is 4.92 Å². The lowest BCUT2D eigenvalue weighted by Gasteiger charge is -1.99. The van der Waals surface area contributed by atoms with Gasteiger partial charge < -0.3 is 0 Å². The van der Waals surface area contributed by atoms with Gasteiger partial charge >= 0.3 is 0 Å². The first kappa shape index (κ1) is 16.4. The topological polar surface area (TPSA) is 93.3 Å². The molecule has 1 aromatic heterocycles. The van der Waals surface area contributed by atoms with Crippen LogP contribution in [0.1, 0.15) is 16.8 Å². The summed E-state index contributed by atoms with van der Waals surface area (Å²) in [5.74, 6) is 0. The standard InChI is InChI=1S/C18H16N4O3/c1-12-8-9-16(17(10-12)22(24)25)19-11-15-13(2)20-21(18(15)23)14-6-4-3-5-7-14/h3-11,20H,1-2H3. The predicted molar refractivity (Wildman–Crippen MR) is 96.2 cm³/mol. The number of hydrogen-bond acceptors (Lipinski definition) is 4. The molecule has 0 spiro atoms. The van der Waals surface area contributed by atoms with Crippen LogP contribution < -0.4 is 5.56 Å². The number of nitro benzene ring substituents is 1. The Hall–Kier alpha value is -3.48. The molecule has 0 aliphatic carbocycles. The molecule has 0 unspecified atom stereocenters. The smallest absolute Gasteiger partial charge is 0.295 e. The summed E-state index contributed by atoms with van der Waals surface area (Å²) >= 11 is 0. The Morgan fingerprint density at radius 3 is 2.56 bits per heavy atom. The summed E-state index contributed by atoms with van der Waals surface area (Å²) in [5.41, 5.74) is 2.33. The zero-order valence-corrected chi connectivity index (χ0v) is 13.8. The number of benzene rings is 2. The van der Waals surface area contributed by atoms with Crippen LogP contribution in [0.25, 0.3) is 5.69 Å². The number of nitrogens with zero attached hydrogens (tertiary/aromatic N) is 3. The third kappa shape index (κ3) is 3.25. The Morgan fingerprint density at radius 1 is 1.16 bits per heavy atom. The molecule has 0 aliphatic rings. The first-order valence-electron chi connectivity index (χ1n) is 7.63. The summed E-state index contributed by atoms with van der Waals surface area (Å²) in [6.07, 6.45) is 1.37. The molecular weight excluding hydrogens is 320 g/mol. The SMILES string of the molecule is Cc1ccc(N=Cc2c(C)[nH]n(-c3ccccc3)c2=O)c([N+](=O)[O-])c1. The van der Waals surface area contributed by atoms with Crippen molar-refractivity contribution in [2.24, 2.45) is 4.99 Å². The van der Waals surface area contributed by atoms with Crippen LogP contribution in [0.15, 0.2) is 58.3 Å². The zero-order valence-electron chi connectivity index (χ0n) is 13.8. The van der Waals surface area contributed by atoms with E-state index in [9.17, 15) is 14.9 Å². The summed E-state index contributed by atoms with van der Waals surface area (Å²) in [6.45, 7) is 3.53. The van der Waals surface area contributed by atoms with Gasteiger partial charge in [-0.3, -0.25) is 20.0 Å². The quantitative estimate of drug-likeness (QED) is 0.449. The summed E-state index contributed by atoms with van der Waals surface area (Å²) in [6, 6.07) is 13.9. The highest BCUT2D eigenvalue weighted by Gasteiger charge is 2.14. The first-order chi connectivity index (χ1) is 12.0. The highest BCUT2D eigenvalue weighted by Crippen LogP contribution is 2.27. The average Bonchev–Trinajstić information content (AvgIpc) is 2.89. The van der Waals surface area contributed by atoms with Gasteiger partial charge in [-0.25, -0.2) is 9.67 Å². The molecule has 0 amide bonds. The summed E-state index contributed by atoms with van der Waals surface area (Å²) < 4.78 is 1.42. The number of aromatic nitrogens is 2. The zero-order chi connectivity index (χ0) is 18.0. The van der Waals surface area contributed by atoms with E-state index >= 15 is 0 Å². The second-order valence-corrected chi connectivity index (χ2v) is 5.63. The van der Waals surface area contributed by atoms with Crippen molar-refractivity contribution in [3.8, 4) is 5.69 Å². The molecule has 25 heavy (non-hydrogen) atoms. The lowest BCUT2D eigenvalue weighted by Crippen LogP contribution is -2.17. The van der Waals surface area contributed by atoms with Crippen LogP contribution in [0.3, 0.4) is 0 Å². The van der Waals surface area contributed by atoms with Crippen molar-refractivity contribution in [3.63, 3.8) is 0 Å². The van der Waals surface area contributed by atoms with Gasteiger partial charge in [-0.05, 0) is 37.6 Å². The van der Waals surface area contributed by atoms with Crippen LogP contribution in [-0.2, 0) is 0 Å². The average molecular weight is 336 g/mol. The number of nitro groups is 1. The van der Waals surface area contributed by atoms with Gasteiger partial charge in [-0.2, -0.15) is 0 Å². The summed E-state index contributed by atoms with van der Waals surface area (Å²) in [5, 5.41) is 14.2. The largest absolute Gasteiger partial charge is 0.295 e. The van der Waals surface area contributed by atoms with Crippen LogP contribution in [0.4, 0.5) is 11.4 Å². The van der Waals surface area contributed by atoms with Crippen LogP contribution >= 0.6 is 0 Å². The Labute approximate surface area is 143 Å². The van der Waals surface area contributed by atoms with Crippen molar-refractivity contribution < 1.29 is 4.92 Å². The molecule has 1 heterocycles. The van der Waals surface area contributed by atoms with Gasteiger partial charge in [0.1, 0.15) is 5.69 Å². The van der Waals surface area contributed by atoms with Gasteiger partial charge in [0.25, 0.3) is 11.2 Å². The van der Waals surface area contributed by atoms with Crippen molar-refractivity contribution in [1.29, 1.82) is 0 Å². The second-order valence-electron chi connectivity index (χ2n) is 5.63. The van der Waals surface area contributed by atoms with Crippen molar-refractivity contribution in [2.75, 3.05) is 0 Å². The minimum atomic E-state index is -0.480. The number of hydrogen-bond donors (Lipinski definition) is 1. The van der Waals surface area contributed by atoms with Crippen LogP contribution in [0, 0.1) is 24.0 Å². The number of aromatic amines is 1. The molecule has 0 radical (unpaired) electrons. The monoisotopic (exact) mass is 336 g/mol. The Balaban J connectivity index is 2.03. The highest BCUT2D eigenvalue weighted by atomic mass is 16.6. The minimum Gasteiger partial charge on any atom is -0.295 e. The van der Waals surface area contributed by atoms with E-state index in [4.69, 9.17) is 0 Å². The normalized spacial score (nSPS) is 11.1. The van der Waals surface area contributed by atoms with Crippen LogP contribution in [0.5, 0.6) is 0 Å². The molecular formula is C18H16N4O3. The van der Waals surface area contributed by atoms with E-state index in [2.05, 4.69) is 10.1 Å². The molecule has 0 atom stereocenters. The molecule has 0 bridgehead atoms. The highest BCUT2D eigenvalue weighted by molar-refractivity contribution is 5.84. The Bertz CT molecular complexity index is 1020. The van der Waals surface area contributed by atoms with Gasteiger partial charge in [0.05, 0.1) is 16.2 Å². The Morgan fingerprint density at radius 2 is 1.88 bits per heavy atom. The number of rotatable bonds is 4. The maximum absolute atomic E-state index is 12.6. The maximum Gasteiger partial charge on any atom is 0.295 e. The van der Waals surface area contributed by atoms with Gasteiger partial charge in [-0.1, -0.05) is 24.3 Å². The molecule has 0 saturated carbocycles. The van der Waals surface area contributed by atoms with Crippen molar-refractivity contribution in [2.45, 2.75) is 13.8 Å². The van der Waals surface area contributed by atoms with E-state index in [0.717, 1.165) is 5.56 Å². The lowest BCUT2D eigenvalue weighted by atomic mass is 10.2.